The highest BCUT2D eigenvalue weighted by atomic mass is 35.5. The molecule has 0 saturated carbocycles. The van der Waals surface area contributed by atoms with Crippen LogP contribution in [0, 0.1) is 0 Å². The molecule has 174 valence electrons. The third-order valence-electron chi connectivity index (χ3n) is 6.92. The molecule has 1 saturated heterocycles. The van der Waals surface area contributed by atoms with Gasteiger partial charge in [-0.05, 0) is 66.9 Å². The van der Waals surface area contributed by atoms with Crippen LogP contribution < -0.4 is 4.90 Å². The van der Waals surface area contributed by atoms with Gasteiger partial charge in [-0.1, -0.05) is 48.4 Å². The highest BCUT2D eigenvalue weighted by molar-refractivity contribution is 6.31. The van der Waals surface area contributed by atoms with Crippen LogP contribution in [0.2, 0.25) is 5.02 Å². The van der Waals surface area contributed by atoms with Gasteiger partial charge in [0, 0.05) is 66.8 Å². The van der Waals surface area contributed by atoms with Crippen LogP contribution in [0.1, 0.15) is 36.3 Å². The number of nitrogens with zero attached hydrogens (tertiary/aromatic N) is 4. The molecular weight excluding hydrogens is 440 g/mol. The SMILES string of the molecule is Clc1ccc2c(N3CCN(CCCCC(c4ccccc4)c4ccncc4)CC3)ccnc2c1. The topological polar surface area (TPSA) is 32.3 Å². The minimum Gasteiger partial charge on any atom is -0.368 e. The van der Waals surface area contributed by atoms with Gasteiger partial charge in [-0.3, -0.25) is 14.9 Å². The first-order valence-electron chi connectivity index (χ1n) is 12.2. The van der Waals surface area contributed by atoms with Crippen molar-refractivity contribution in [2.24, 2.45) is 0 Å². The van der Waals surface area contributed by atoms with Gasteiger partial charge in [0.05, 0.1) is 5.52 Å². The maximum atomic E-state index is 6.16. The van der Waals surface area contributed by atoms with Crippen LogP contribution in [-0.4, -0.2) is 47.6 Å². The normalized spacial score (nSPS) is 15.5. The lowest BCUT2D eigenvalue weighted by Gasteiger charge is -2.36. The van der Waals surface area contributed by atoms with Gasteiger partial charge in [-0.15, -0.1) is 0 Å². The summed E-state index contributed by atoms with van der Waals surface area (Å²) in [7, 11) is 0. The molecule has 2 aromatic heterocycles. The van der Waals surface area contributed by atoms with Crippen LogP contribution >= 0.6 is 11.6 Å². The predicted octanol–water partition coefficient (Wildman–Crippen LogP) is 6.41. The zero-order valence-electron chi connectivity index (χ0n) is 19.5. The Morgan fingerprint density at radius 1 is 0.794 bits per heavy atom. The molecule has 4 aromatic rings. The molecule has 0 radical (unpaired) electrons. The summed E-state index contributed by atoms with van der Waals surface area (Å²) in [4.78, 5) is 13.8. The third-order valence-corrected chi connectivity index (χ3v) is 7.16. The average molecular weight is 471 g/mol. The van der Waals surface area contributed by atoms with Crippen LogP contribution in [0.15, 0.2) is 85.3 Å². The fraction of sp³-hybridized carbons (Fsp3) is 0.310. The molecule has 5 rings (SSSR count). The number of halogens is 1. The molecule has 1 aliphatic rings. The van der Waals surface area contributed by atoms with E-state index in [4.69, 9.17) is 11.6 Å². The van der Waals surface area contributed by atoms with E-state index < -0.39 is 0 Å². The fourth-order valence-corrected chi connectivity index (χ4v) is 5.25. The quantitative estimate of drug-likeness (QED) is 0.278. The van der Waals surface area contributed by atoms with Crippen LogP contribution in [0.3, 0.4) is 0 Å². The fourth-order valence-electron chi connectivity index (χ4n) is 5.09. The van der Waals surface area contributed by atoms with Crippen LogP contribution in [0.5, 0.6) is 0 Å². The molecule has 0 spiro atoms. The number of anilines is 1. The van der Waals surface area contributed by atoms with E-state index in [2.05, 4.69) is 74.4 Å². The lowest BCUT2D eigenvalue weighted by atomic mass is 9.87. The summed E-state index contributed by atoms with van der Waals surface area (Å²) in [5.74, 6) is 0.439. The Labute approximate surface area is 207 Å². The first-order chi connectivity index (χ1) is 16.8. The smallest absolute Gasteiger partial charge is 0.0737 e. The van der Waals surface area contributed by atoms with Crippen molar-refractivity contribution < 1.29 is 0 Å². The van der Waals surface area contributed by atoms with E-state index in [-0.39, 0.29) is 0 Å². The molecule has 1 fully saturated rings. The van der Waals surface area contributed by atoms with E-state index in [9.17, 15) is 0 Å². The Morgan fingerprint density at radius 3 is 2.35 bits per heavy atom. The Balaban J connectivity index is 1.13. The van der Waals surface area contributed by atoms with Crippen molar-refractivity contribution in [2.45, 2.75) is 25.2 Å². The largest absolute Gasteiger partial charge is 0.368 e. The van der Waals surface area contributed by atoms with Crippen molar-refractivity contribution in [3.63, 3.8) is 0 Å². The Bertz CT molecular complexity index is 1150. The zero-order chi connectivity index (χ0) is 23.2. The lowest BCUT2D eigenvalue weighted by Crippen LogP contribution is -2.46. The standard InChI is InChI=1S/C29H31ClN4/c30-25-9-10-27-28(22-25)32-16-13-29(27)34-20-18-33(19-21-34)17-5-4-8-26(23-6-2-1-3-7-23)24-11-14-31-15-12-24/h1-3,6-7,9-16,22,26H,4-5,8,17-21H2. The Hall–Kier alpha value is -2.95. The summed E-state index contributed by atoms with van der Waals surface area (Å²) in [5.41, 5.74) is 4.99. The summed E-state index contributed by atoms with van der Waals surface area (Å²) in [6, 6.07) is 23.3. The molecule has 34 heavy (non-hydrogen) atoms. The molecule has 1 atom stereocenters. The average Bonchev–Trinajstić information content (AvgIpc) is 2.89. The van der Waals surface area contributed by atoms with Crippen molar-refractivity contribution >= 4 is 28.2 Å². The summed E-state index contributed by atoms with van der Waals surface area (Å²) in [6.45, 7) is 5.46. The number of aromatic nitrogens is 2. The van der Waals surface area contributed by atoms with Crippen LogP contribution in [0.25, 0.3) is 10.9 Å². The number of rotatable bonds is 8. The second-order valence-corrected chi connectivity index (χ2v) is 9.50. The van der Waals surface area contributed by atoms with Crippen LogP contribution in [0.4, 0.5) is 5.69 Å². The Morgan fingerprint density at radius 2 is 1.56 bits per heavy atom. The first-order valence-corrected chi connectivity index (χ1v) is 12.6. The van der Waals surface area contributed by atoms with E-state index in [0.29, 0.717) is 5.92 Å². The van der Waals surface area contributed by atoms with Crippen molar-refractivity contribution in [3.8, 4) is 0 Å². The third kappa shape index (κ3) is 5.40. The van der Waals surface area contributed by atoms with E-state index in [1.807, 2.05) is 30.7 Å². The van der Waals surface area contributed by atoms with E-state index in [0.717, 1.165) is 36.7 Å². The van der Waals surface area contributed by atoms with Crippen molar-refractivity contribution in [1.29, 1.82) is 0 Å². The molecule has 3 heterocycles. The second kappa shape index (κ2) is 11.0. The molecule has 0 aliphatic carbocycles. The zero-order valence-corrected chi connectivity index (χ0v) is 20.2. The second-order valence-electron chi connectivity index (χ2n) is 9.06. The monoisotopic (exact) mass is 470 g/mol. The first kappa shape index (κ1) is 22.8. The van der Waals surface area contributed by atoms with Crippen molar-refractivity contribution in [2.75, 3.05) is 37.6 Å². The number of hydrogen-bond acceptors (Lipinski definition) is 4. The molecule has 2 aromatic carbocycles. The van der Waals surface area contributed by atoms with Gasteiger partial charge in [-0.2, -0.15) is 0 Å². The van der Waals surface area contributed by atoms with Crippen molar-refractivity contribution in [1.82, 2.24) is 14.9 Å². The molecule has 0 bridgehead atoms. The Kier molecular flexibility index (Phi) is 7.37. The number of pyridine rings is 2. The van der Waals surface area contributed by atoms with Gasteiger partial charge in [-0.25, -0.2) is 0 Å². The maximum Gasteiger partial charge on any atom is 0.0737 e. The van der Waals surface area contributed by atoms with E-state index in [1.165, 1.54) is 48.0 Å². The van der Waals surface area contributed by atoms with E-state index >= 15 is 0 Å². The summed E-state index contributed by atoms with van der Waals surface area (Å²) in [5, 5.41) is 1.92. The molecule has 4 nitrogen and oxygen atoms in total. The van der Waals surface area contributed by atoms with Crippen LogP contribution in [-0.2, 0) is 0 Å². The summed E-state index contributed by atoms with van der Waals surface area (Å²) in [6.07, 6.45) is 9.32. The minimum atomic E-state index is 0.439. The summed E-state index contributed by atoms with van der Waals surface area (Å²) < 4.78 is 0. The number of fused-ring (bicyclic) bond motifs is 1. The van der Waals surface area contributed by atoms with Gasteiger partial charge in [0.25, 0.3) is 0 Å². The molecule has 0 amide bonds. The van der Waals surface area contributed by atoms with Gasteiger partial charge in [0.15, 0.2) is 0 Å². The van der Waals surface area contributed by atoms with Gasteiger partial charge in [0.1, 0.15) is 0 Å². The molecule has 5 heteroatoms. The van der Waals surface area contributed by atoms with E-state index in [1.54, 1.807) is 0 Å². The minimum absolute atomic E-state index is 0.439. The molecular formula is C29H31ClN4. The van der Waals surface area contributed by atoms with Gasteiger partial charge < -0.3 is 4.90 Å². The highest BCUT2D eigenvalue weighted by Crippen LogP contribution is 2.30. The highest BCUT2D eigenvalue weighted by Gasteiger charge is 2.19. The molecule has 1 aliphatic heterocycles. The van der Waals surface area contributed by atoms with Crippen molar-refractivity contribution in [3.05, 3.63) is 101 Å². The van der Waals surface area contributed by atoms with Gasteiger partial charge in [0.2, 0.25) is 0 Å². The predicted molar refractivity (Wildman–Crippen MR) is 142 cm³/mol. The van der Waals surface area contributed by atoms with Gasteiger partial charge >= 0.3 is 0 Å². The maximum absolute atomic E-state index is 6.16. The number of unbranched alkanes of at least 4 members (excludes halogenated alkanes) is 1. The summed E-state index contributed by atoms with van der Waals surface area (Å²) >= 11 is 6.16. The molecule has 0 N–H and O–H groups in total. The number of benzene rings is 2. The number of piperazine rings is 1. The number of hydrogen-bond donors (Lipinski definition) is 0. The lowest BCUT2D eigenvalue weighted by molar-refractivity contribution is 0.252. The molecule has 1 unspecified atom stereocenters.